The maximum Gasteiger partial charge on any atom is 0.411 e. The second-order valence-electron chi connectivity index (χ2n) is 5.46. The van der Waals surface area contributed by atoms with Crippen molar-refractivity contribution in [3.05, 3.63) is 20.2 Å². The number of aromatic nitrogens is 1. The number of nitrogens with zero attached hydrogens (tertiary/aromatic N) is 2. The van der Waals surface area contributed by atoms with Crippen LogP contribution in [0.2, 0.25) is 0 Å². The second kappa shape index (κ2) is 4.48. The van der Waals surface area contributed by atoms with Crippen LogP contribution in [-0.2, 0) is 18.3 Å². The monoisotopic (exact) mass is 284 g/mol. The molecule has 1 amide bonds. The van der Waals surface area contributed by atoms with E-state index in [1.165, 1.54) is 9.47 Å². The maximum absolute atomic E-state index is 12.0. The minimum Gasteiger partial charge on any atom is -0.444 e. The van der Waals surface area contributed by atoms with E-state index in [1.54, 1.807) is 27.8 Å². The summed E-state index contributed by atoms with van der Waals surface area (Å²) in [7, 11) is 1.60. The number of Topliss-reactive ketones (excluding diaryl/α,β-unsaturated/α-hetero) is 1. The van der Waals surface area contributed by atoms with Gasteiger partial charge in [0.05, 0.1) is 23.7 Å². The van der Waals surface area contributed by atoms with E-state index in [4.69, 9.17) is 4.74 Å². The van der Waals surface area contributed by atoms with Gasteiger partial charge in [0.2, 0.25) is 0 Å². The predicted molar refractivity (Wildman–Crippen MR) is 70.5 cm³/mol. The molecule has 0 aliphatic carbocycles. The van der Waals surface area contributed by atoms with Crippen LogP contribution in [0.1, 0.15) is 36.1 Å². The fourth-order valence-electron chi connectivity index (χ4n) is 1.81. The molecule has 0 saturated heterocycles. The highest BCUT2D eigenvalue weighted by Crippen LogP contribution is 2.22. The van der Waals surface area contributed by atoms with Crippen molar-refractivity contribution in [2.24, 2.45) is 7.05 Å². The molecule has 0 bridgehead atoms. The molecular weight excluding hydrogens is 268 g/mol. The summed E-state index contributed by atoms with van der Waals surface area (Å²) in [5.74, 6) is -0.213. The number of hydrogen-bond donors (Lipinski definition) is 0. The van der Waals surface area contributed by atoms with E-state index in [1.807, 2.05) is 0 Å². The molecule has 0 atom stereocenters. The van der Waals surface area contributed by atoms with Gasteiger partial charge >= 0.3 is 11.0 Å². The van der Waals surface area contributed by atoms with Crippen LogP contribution in [0.25, 0.3) is 0 Å². The van der Waals surface area contributed by atoms with E-state index < -0.39 is 11.7 Å². The minimum absolute atomic E-state index is 0.0398. The summed E-state index contributed by atoms with van der Waals surface area (Å²) in [6.45, 7) is 5.49. The number of rotatable bonds is 0. The lowest BCUT2D eigenvalue weighted by Crippen LogP contribution is -2.42. The summed E-state index contributed by atoms with van der Waals surface area (Å²) in [5, 5.41) is 0. The molecule has 0 saturated carbocycles. The van der Waals surface area contributed by atoms with Gasteiger partial charge in [-0.25, -0.2) is 4.79 Å². The minimum atomic E-state index is -0.610. The van der Waals surface area contributed by atoms with Crippen molar-refractivity contribution in [1.82, 2.24) is 9.47 Å². The number of amides is 1. The van der Waals surface area contributed by atoms with Gasteiger partial charge in [0.1, 0.15) is 5.60 Å². The number of ketones is 1. The highest BCUT2D eigenvalue weighted by atomic mass is 32.1. The highest BCUT2D eigenvalue weighted by molar-refractivity contribution is 7.11. The van der Waals surface area contributed by atoms with Crippen LogP contribution in [0, 0.1) is 0 Å². The standard InChI is InChI=1S/C12H16N2O4S/c1-12(2,3)18-10(16)14-5-7-9(8(15)6-14)19-11(17)13(7)4/h5-6H2,1-4H3. The summed E-state index contributed by atoms with van der Waals surface area (Å²) >= 11 is 0.931. The van der Waals surface area contributed by atoms with Crippen molar-refractivity contribution in [3.63, 3.8) is 0 Å². The number of fused-ring (bicyclic) bond motifs is 1. The molecule has 2 heterocycles. The Kier molecular flexibility index (Phi) is 3.25. The third kappa shape index (κ3) is 2.70. The quantitative estimate of drug-likeness (QED) is 0.721. The lowest BCUT2D eigenvalue weighted by atomic mass is 10.1. The summed E-state index contributed by atoms with van der Waals surface area (Å²) in [4.78, 5) is 37.0. The lowest BCUT2D eigenvalue weighted by molar-refractivity contribution is 0.0216. The van der Waals surface area contributed by atoms with Gasteiger partial charge < -0.3 is 9.30 Å². The lowest BCUT2D eigenvalue weighted by Gasteiger charge is -2.29. The molecular formula is C12H16N2O4S. The molecule has 1 aromatic rings. The topological polar surface area (TPSA) is 68.6 Å². The molecule has 0 spiro atoms. The third-order valence-corrected chi connectivity index (χ3v) is 3.83. The van der Waals surface area contributed by atoms with Gasteiger partial charge in [-0.1, -0.05) is 11.3 Å². The first-order valence-electron chi connectivity index (χ1n) is 5.89. The fourth-order valence-corrected chi connectivity index (χ4v) is 2.73. The van der Waals surface area contributed by atoms with Gasteiger partial charge in [0.25, 0.3) is 0 Å². The van der Waals surface area contributed by atoms with Crippen molar-refractivity contribution in [2.75, 3.05) is 6.54 Å². The number of thiazole rings is 1. The molecule has 0 unspecified atom stereocenters. The second-order valence-corrected chi connectivity index (χ2v) is 6.42. The normalized spacial score (nSPS) is 15.4. The molecule has 1 aliphatic heterocycles. The summed E-state index contributed by atoms with van der Waals surface area (Å²) in [5.41, 5.74) is -0.0295. The first kappa shape index (κ1) is 13.8. The molecule has 104 valence electrons. The van der Waals surface area contributed by atoms with Crippen LogP contribution < -0.4 is 4.87 Å². The molecule has 1 aliphatic rings. The van der Waals surface area contributed by atoms with E-state index in [0.717, 1.165) is 11.3 Å². The van der Waals surface area contributed by atoms with Gasteiger partial charge in [-0.05, 0) is 20.8 Å². The zero-order valence-corrected chi connectivity index (χ0v) is 12.2. The van der Waals surface area contributed by atoms with Crippen molar-refractivity contribution < 1.29 is 14.3 Å². The molecule has 2 rings (SSSR count). The molecule has 1 aromatic heterocycles. The number of ether oxygens (including phenoxy) is 1. The zero-order chi connectivity index (χ0) is 14.4. The summed E-state index contributed by atoms with van der Waals surface area (Å²) in [6, 6.07) is 0. The Bertz CT molecular complexity index is 594. The van der Waals surface area contributed by atoms with E-state index in [0.29, 0.717) is 10.6 Å². The Labute approximate surface area is 114 Å². The average Bonchev–Trinajstić information content (AvgIpc) is 2.54. The van der Waals surface area contributed by atoms with E-state index >= 15 is 0 Å². The van der Waals surface area contributed by atoms with Gasteiger partial charge in [0, 0.05) is 7.05 Å². The molecule has 19 heavy (non-hydrogen) atoms. The Balaban J connectivity index is 2.26. The Hall–Kier alpha value is -1.63. The number of carbonyl (C=O) groups is 2. The smallest absolute Gasteiger partial charge is 0.411 e. The molecule has 7 heteroatoms. The van der Waals surface area contributed by atoms with E-state index in [9.17, 15) is 14.4 Å². The van der Waals surface area contributed by atoms with E-state index in [-0.39, 0.29) is 23.7 Å². The van der Waals surface area contributed by atoms with Crippen molar-refractivity contribution in [1.29, 1.82) is 0 Å². The molecule has 6 nitrogen and oxygen atoms in total. The Morgan fingerprint density at radius 2 is 1.89 bits per heavy atom. The molecule has 0 fully saturated rings. The third-order valence-electron chi connectivity index (χ3n) is 2.71. The molecule has 0 N–H and O–H groups in total. The first-order chi connectivity index (χ1) is 8.69. The maximum atomic E-state index is 12.0. The van der Waals surface area contributed by atoms with Crippen LogP contribution in [0.5, 0.6) is 0 Å². The Morgan fingerprint density at radius 1 is 1.26 bits per heavy atom. The summed E-state index contributed by atoms with van der Waals surface area (Å²) in [6.07, 6.45) is -0.537. The van der Waals surface area contributed by atoms with E-state index in [2.05, 4.69) is 0 Å². The van der Waals surface area contributed by atoms with Gasteiger partial charge in [0.15, 0.2) is 5.78 Å². The van der Waals surface area contributed by atoms with Crippen molar-refractivity contribution >= 4 is 23.2 Å². The van der Waals surface area contributed by atoms with Gasteiger partial charge in [-0.2, -0.15) is 0 Å². The van der Waals surface area contributed by atoms with Crippen LogP contribution >= 0.6 is 11.3 Å². The predicted octanol–water partition coefficient (Wildman–Crippen LogP) is 1.38. The highest BCUT2D eigenvalue weighted by Gasteiger charge is 2.32. The van der Waals surface area contributed by atoms with Crippen LogP contribution in [0.4, 0.5) is 4.79 Å². The summed E-state index contributed by atoms with van der Waals surface area (Å²) < 4.78 is 6.65. The largest absolute Gasteiger partial charge is 0.444 e. The number of carbonyl (C=O) groups excluding carboxylic acids is 2. The van der Waals surface area contributed by atoms with Gasteiger partial charge in [-0.15, -0.1) is 0 Å². The number of hydrogen-bond acceptors (Lipinski definition) is 5. The average molecular weight is 284 g/mol. The van der Waals surface area contributed by atoms with Crippen molar-refractivity contribution in [2.45, 2.75) is 32.9 Å². The Morgan fingerprint density at radius 3 is 2.47 bits per heavy atom. The molecule has 0 radical (unpaired) electrons. The van der Waals surface area contributed by atoms with Crippen LogP contribution in [0.15, 0.2) is 4.79 Å². The SMILES string of the molecule is Cn1c2c(sc1=O)C(=O)CN(C(=O)OC(C)(C)C)C2. The van der Waals surface area contributed by atoms with Gasteiger partial charge in [-0.3, -0.25) is 14.5 Å². The van der Waals surface area contributed by atoms with Crippen LogP contribution in [0.3, 0.4) is 0 Å². The fraction of sp³-hybridized carbons (Fsp3) is 0.583. The zero-order valence-electron chi connectivity index (χ0n) is 11.3. The molecule has 0 aromatic carbocycles. The van der Waals surface area contributed by atoms with Crippen molar-refractivity contribution in [3.8, 4) is 0 Å². The first-order valence-corrected chi connectivity index (χ1v) is 6.70. The van der Waals surface area contributed by atoms with Crippen LogP contribution in [-0.4, -0.2) is 33.5 Å².